The van der Waals surface area contributed by atoms with Crippen LogP contribution in [0.1, 0.15) is 12.5 Å². The Kier molecular flexibility index (Phi) is 6.62. The smallest absolute Gasteiger partial charge is 0.316 e. The number of hydrogen-bond donors (Lipinski definition) is 2. The molecule has 0 saturated heterocycles. The predicted molar refractivity (Wildman–Crippen MR) is 95.7 cm³/mol. The number of aromatic amines is 1. The van der Waals surface area contributed by atoms with E-state index in [1.165, 1.54) is 11.8 Å². The molecule has 0 radical (unpaired) electrons. The van der Waals surface area contributed by atoms with Crippen LogP contribution in [0.3, 0.4) is 0 Å². The second-order valence-corrected chi connectivity index (χ2v) is 5.86. The van der Waals surface area contributed by atoms with Crippen molar-refractivity contribution >= 4 is 35.6 Å². The van der Waals surface area contributed by atoms with Gasteiger partial charge in [-0.3, -0.25) is 4.79 Å². The lowest BCUT2D eigenvalue weighted by Gasteiger charge is -2.11. The fourth-order valence-electron chi connectivity index (χ4n) is 1.71. The molecule has 1 heterocycles. The molecule has 0 saturated carbocycles. The van der Waals surface area contributed by atoms with Crippen molar-refractivity contribution in [2.24, 2.45) is 5.10 Å². The van der Waals surface area contributed by atoms with Crippen LogP contribution < -0.4 is 10.3 Å². The molecule has 0 aliphatic rings. The summed E-state index contributed by atoms with van der Waals surface area (Å²) in [6.45, 7) is 2.13. The number of aromatic nitrogens is 3. The lowest BCUT2D eigenvalue weighted by atomic mass is 10.2. The molecule has 1 aromatic heterocycles. The summed E-state index contributed by atoms with van der Waals surface area (Å²) in [4.78, 5) is 17.5. The monoisotopic (exact) mass is 348 g/mol. The summed E-state index contributed by atoms with van der Waals surface area (Å²) in [5.74, 6) is 0.288. The summed E-state index contributed by atoms with van der Waals surface area (Å²) >= 11 is 1.20. The molecule has 0 aliphatic carbocycles. The van der Waals surface area contributed by atoms with Crippen LogP contribution in [-0.4, -0.2) is 53.8 Å². The van der Waals surface area contributed by atoms with Gasteiger partial charge in [-0.1, -0.05) is 23.9 Å². The Morgan fingerprint density at radius 3 is 2.83 bits per heavy atom. The van der Waals surface area contributed by atoms with Crippen LogP contribution in [0.4, 0.5) is 11.6 Å². The highest BCUT2D eigenvalue weighted by atomic mass is 32.2. The average Bonchev–Trinajstić information content (AvgIpc) is 3.01. The minimum Gasteiger partial charge on any atom is -0.465 e. The highest BCUT2D eigenvalue weighted by Crippen LogP contribution is 2.14. The van der Waals surface area contributed by atoms with E-state index in [4.69, 9.17) is 4.74 Å². The van der Waals surface area contributed by atoms with Gasteiger partial charge < -0.3 is 9.64 Å². The van der Waals surface area contributed by atoms with E-state index in [2.05, 4.69) is 25.7 Å². The van der Waals surface area contributed by atoms with Gasteiger partial charge in [0.1, 0.15) is 0 Å². The van der Waals surface area contributed by atoms with Crippen LogP contribution in [0, 0.1) is 0 Å². The molecule has 2 aromatic rings. The third-order valence-electron chi connectivity index (χ3n) is 2.88. The summed E-state index contributed by atoms with van der Waals surface area (Å²) < 4.78 is 4.84. The first-order valence-corrected chi connectivity index (χ1v) is 8.34. The number of hydrogen-bond acceptors (Lipinski definition) is 8. The Morgan fingerprint density at radius 2 is 2.17 bits per heavy atom. The summed E-state index contributed by atoms with van der Waals surface area (Å²) in [7, 11) is 3.98. The third-order valence-corrected chi connectivity index (χ3v) is 3.70. The van der Waals surface area contributed by atoms with E-state index in [1.807, 2.05) is 43.3 Å². The zero-order valence-corrected chi connectivity index (χ0v) is 14.6. The molecule has 0 atom stereocenters. The molecule has 0 amide bonds. The van der Waals surface area contributed by atoms with Crippen molar-refractivity contribution < 1.29 is 9.53 Å². The quantitative estimate of drug-likeness (QED) is 0.326. The lowest BCUT2D eigenvalue weighted by molar-refractivity contribution is -0.139. The largest absolute Gasteiger partial charge is 0.465 e. The Bertz CT molecular complexity index is 684. The molecule has 2 rings (SSSR count). The van der Waals surface area contributed by atoms with Gasteiger partial charge in [0, 0.05) is 19.8 Å². The van der Waals surface area contributed by atoms with E-state index in [0.717, 1.165) is 11.3 Å². The SMILES string of the molecule is CCOC(=O)CSc1n[nH]c(N/N=C\c2ccc(N(C)C)cc2)n1. The first kappa shape index (κ1) is 17.8. The fourth-order valence-corrected chi connectivity index (χ4v) is 2.31. The Balaban J connectivity index is 1.82. The Morgan fingerprint density at radius 1 is 1.42 bits per heavy atom. The number of H-pyrrole nitrogens is 1. The molecule has 2 N–H and O–H groups in total. The summed E-state index contributed by atoms with van der Waals surface area (Å²) in [5, 5.41) is 11.2. The Labute approximate surface area is 144 Å². The highest BCUT2D eigenvalue weighted by molar-refractivity contribution is 7.99. The van der Waals surface area contributed by atoms with Crippen molar-refractivity contribution in [3.05, 3.63) is 29.8 Å². The van der Waals surface area contributed by atoms with E-state index < -0.39 is 0 Å². The number of carbonyl (C=O) groups excluding carboxylic acids is 1. The predicted octanol–water partition coefficient (Wildman–Crippen LogP) is 1.97. The van der Waals surface area contributed by atoms with Crippen LogP contribution in [-0.2, 0) is 9.53 Å². The second kappa shape index (κ2) is 8.92. The maximum Gasteiger partial charge on any atom is 0.316 e. The molecule has 0 unspecified atom stereocenters. The molecule has 0 spiro atoms. The van der Waals surface area contributed by atoms with Crippen molar-refractivity contribution in [3.8, 4) is 0 Å². The minimum atomic E-state index is -0.291. The van der Waals surface area contributed by atoms with Crippen molar-refractivity contribution in [1.29, 1.82) is 0 Å². The molecule has 128 valence electrons. The van der Waals surface area contributed by atoms with Gasteiger partial charge in [-0.05, 0) is 24.6 Å². The number of nitrogens with zero attached hydrogens (tertiary/aromatic N) is 4. The Hall–Kier alpha value is -2.55. The maximum absolute atomic E-state index is 11.3. The number of benzene rings is 1. The molecule has 0 bridgehead atoms. The maximum atomic E-state index is 11.3. The van der Waals surface area contributed by atoms with E-state index >= 15 is 0 Å². The first-order valence-electron chi connectivity index (χ1n) is 7.35. The molecular weight excluding hydrogens is 328 g/mol. The van der Waals surface area contributed by atoms with E-state index in [9.17, 15) is 4.79 Å². The van der Waals surface area contributed by atoms with Gasteiger partial charge >= 0.3 is 5.97 Å². The van der Waals surface area contributed by atoms with Crippen LogP contribution in [0.25, 0.3) is 0 Å². The van der Waals surface area contributed by atoms with E-state index in [0.29, 0.717) is 17.7 Å². The molecule has 1 aromatic carbocycles. The van der Waals surface area contributed by atoms with Gasteiger partial charge in [0.25, 0.3) is 0 Å². The topological polar surface area (TPSA) is 95.5 Å². The highest BCUT2D eigenvalue weighted by Gasteiger charge is 2.07. The van der Waals surface area contributed by atoms with Crippen molar-refractivity contribution in [2.75, 3.05) is 36.8 Å². The zero-order valence-electron chi connectivity index (χ0n) is 13.8. The number of ether oxygens (including phenoxy) is 1. The van der Waals surface area contributed by atoms with E-state index in [-0.39, 0.29) is 11.7 Å². The number of rotatable bonds is 8. The van der Waals surface area contributed by atoms with Gasteiger partial charge in [-0.15, -0.1) is 5.10 Å². The van der Waals surface area contributed by atoms with Crippen LogP contribution >= 0.6 is 11.8 Å². The van der Waals surface area contributed by atoms with Gasteiger partial charge in [0.05, 0.1) is 18.6 Å². The van der Waals surface area contributed by atoms with Gasteiger partial charge in [-0.25, -0.2) is 10.5 Å². The van der Waals surface area contributed by atoms with Gasteiger partial charge in [-0.2, -0.15) is 10.1 Å². The van der Waals surface area contributed by atoms with Crippen LogP contribution in [0.2, 0.25) is 0 Å². The molecule has 24 heavy (non-hydrogen) atoms. The molecular formula is C15H20N6O2S. The lowest BCUT2D eigenvalue weighted by Crippen LogP contribution is -2.08. The van der Waals surface area contributed by atoms with Gasteiger partial charge in [0.2, 0.25) is 11.1 Å². The average molecular weight is 348 g/mol. The summed E-state index contributed by atoms with van der Waals surface area (Å²) in [6, 6.07) is 7.98. The number of thioether (sulfide) groups is 1. The minimum absolute atomic E-state index is 0.173. The fraction of sp³-hybridized carbons (Fsp3) is 0.333. The van der Waals surface area contributed by atoms with Gasteiger partial charge in [0.15, 0.2) is 0 Å². The normalized spacial score (nSPS) is 10.8. The van der Waals surface area contributed by atoms with Crippen LogP contribution in [0.15, 0.2) is 34.5 Å². The number of esters is 1. The molecule has 0 aliphatic heterocycles. The molecule has 8 nitrogen and oxygen atoms in total. The molecule has 9 heteroatoms. The molecule has 0 fully saturated rings. The number of hydrazone groups is 1. The standard InChI is InChI=1S/C15H20N6O2S/c1-4-23-13(22)10-24-15-17-14(19-20-15)18-16-9-11-5-7-12(8-6-11)21(2)3/h5-9H,4,10H2,1-3H3,(H2,17,18,19,20)/b16-9-. The first-order chi connectivity index (χ1) is 11.6. The number of anilines is 2. The second-order valence-electron chi connectivity index (χ2n) is 4.92. The number of nitrogens with one attached hydrogen (secondary N) is 2. The van der Waals surface area contributed by atoms with E-state index in [1.54, 1.807) is 13.1 Å². The zero-order chi connectivity index (χ0) is 17.4. The summed E-state index contributed by atoms with van der Waals surface area (Å²) in [6.07, 6.45) is 1.69. The third kappa shape index (κ3) is 5.58. The number of carbonyl (C=O) groups is 1. The van der Waals surface area contributed by atoms with Crippen LogP contribution in [0.5, 0.6) is 0 Å². The van der Waals surface area contributed by atoms with Crippen molar-refractivity contribution in [3.63, 3.8) is 0 Å². The van der Waals surface area contributed by atoms with Crippen molar-refractivity contribution in [2.45, 2.75) is 12.1 Å². The van der Waals surface area contributed by atoms with Crippen molar-refractivity contribution in [1.82, 2.24) is 15.2 Å². The summed E-state index contributed by atoms with van der Waals surface area (Å²) in [5.41, 5.74) is 4.85.